The van der Waals surface area contributed by atoms with Gasteiger partial charge >= 0.3 is 0 Å². The van der Waals surface area contributed by atoms with Gasteiger partial charge in [0.2, 0.25) is 5.95 Å². The molecule has 2 aliphatic heterocycles. The molecule has 2 atom stereocenters. The third-order valence-corrected chi connectivity index (χ3v) is 7.00. The standard InChI is InChI=1S/C31H35FN4O4/c32-26-10-13-27(14-11-26)40-28(12-9-24-6-2-1-3-7-24)22-35-15-17-36(18-16-35)31-33-20-25(21-34-31)29(37)23-39-30-8-4-5-19-38-30/h1-3,6-7,9-14,20-21,28,30H,4-5,8,15-19,22-23H2/b12-9+. The van der Waals surface area contributed by atoms with Crippen LogP contribution in [0.15, 0.2) is 73.1 Å². The van der Waals surface area contributed by atoms with Gasteiger partial charge in [-0.1, -0.05) is 36.4 Å². The van der Waals surface area contributed by atoms with Crippen LogP contribution in [-0.4, -0.2) is 79.0 Å². The van der Waals surface area contributed by atoms with Crippen molar-refractivity contribution in [2.75, 3.05) is 50.8 Å². The molecule has 2 aromatic carbocycles. The van der Waals surface area contributed by atoms with E-state index >= 15 is 0 Å². The van der Waals surface area contributed by atoms with Crippen LogP contribution in [0.3, 0.4) is 0 Å². The lowest BCUT2D eigenvalue weighted by Gasteiger charge is -2.36. The van der Waals surface area contributed by atoms with Gasteiger partial charge in [0.15, 0.2) is 12.1 Å². The minimum absolute atomic E-state index is 0.0358. The van der Waals surface area contributed by atoms with Gasteiger partial charge in [-0.3, -0.25) is 9.69 Å². The summed E-state index contributed by atoms with van der Waals surface area (Å²) < 4.78 is 30.7. The van der Waals surface area contributed by atoms with Crippen LogP contribution in [0.5, 0.6) is 5.75 Å². The number of nitrogens with zero attached hydrogens (tertiary/aromatic N) is 4. The Morgan fingerprint density at radius 3 is 2.48 bits per heavy atom. The summed E-state index contributed by atoms with van der Waals surface area (Å²) in [5, 5.41) is 0. The monoisotopic (exact) mass is 546 g/mol. The largest absolute Gasteiger partial charge is 0.485 e. The van der Waals surface area contributed by atoms with Crippen molar-refractivity contribution in [1.29, 1.82) is 0 Å². The Bertz CT molecular complexity index is 1230. The second kappa shape index (κ2) is 14.1. The number of Topliss-reactive ketones (excluding diaryl/α,β-unsaturated/α-hetero) is 1. The van der Waals surface area contributed by atoms with E-state index in [2.05, 4.69) is 19.8 Å². The van der Waals surface area contributed by atoms with Crippen molar-refractivity contribution >= 4 is 17.8 Å². The molecule has 0 amide bonds. The molecule has 0 bridgehead atoms. The predicted octanol–water partition coefficient (Wildman–Crippen LogP) is 4.62. The number of halogens is 1. The second-order valence-electron chi connectivity index (χ2n) is 9.97. The van der Waals surface area contributed by atoms with Crippen molar-refractivity contribution in [1.82, 2.24) is 14.9 Å². The van der Waals surface area contributed by atoms with E-state index in [-0.39, 0.29) is 30.6 Å². The van der Waals surface area contributed by atoms with Crippen molar-refractivity contribution in [3.05, 3.63) is 90.0 Å². The van der Waals surface area contributed by atoms with E-state index in [4.69, 9.17) is 14.2 Å². The molecule has 2 aliphatic rings. The number of piperazine rings is 1. The second-order valence-corrected chi connectivity index (χ2v) is 9.97. The van der Waals surface area contributed by atoms with Crippen LogP contribution in [0.25, 0.3) is 6.08 Å². The highest BCUT2D eigenvalue weighted by molar-refractivity contribution is 5.96. The molecule has 1 aromatic heterocycles. The first-order valence-electron chi connectivity index (χ1n) is 13.8. The molecule has 2 unspecified atom stereocenters. The van der Waals surface area contributed by atoms with Gasteiger partial charge in [-0.15, -0.1) is 0 Å². The Labute approximate surface area is 234 Å². The van der Waals surface area contributed by atoms with Crippen LogP contribution in [0, 0.1) is 5.82 Å². The molecule has 40 heavy (non-hydrogen) atoms. The number of rotatable bonds is 11. The molecule has 0 radical (unpaired) electrons. The third-order valence-electron chi connectivity index (χ3n) is 7.00. The van der Waals surface area contributed by atoms with Crippen LogP contribution in [0.2, 0.25) is 0 Å². The first kappa shape index (κ1) is 27.9. The SMILES string of the molecule is O=C(COC1CCCCO1)c1cnc(N2CCN(CC(/C=C/c3ccccc3)Oc3ccc(F)cc3)CC2)nc1. The van der Waals surface area contributed by atoms with E-state index in [1.807, 2.05) is 42.5 Å². The van der Waals surface area contributed by atoms with Crippen LogP contribution >= 0.6 is 0 Å². The molecule has 3 heterocycles. The van der Waals surface area contributed by atoms with Gasteiger partial charge in [-0.05, 0) is 55.2 Å². The normalized spacial score (nSPS) is 19.0. The zero-order valence-electron chi connectivity index (χ0n) is 22.5. The maximum atomic E-state index is 13.4. The minimum atomic E-state index is -0.302. The van der Waals surface area contributed by atoms with Gasteiger partial charge < -0.3 is 19.1 Å². The Hall–Kier alpha value is -3.66. The molecule has 0 saturated carbocycles. The Kier molecular flexibility index (Phi) is 9.84. The summed E-state index contributed by atoms with van der Waals surface area (Å²) in [5.74, 6) is 0.793. The summed E-state index contributed by atoms with van der Waals surface area (Å²) in [4.78, 5) is 25.9. The average molecular weight is 547 g/mol. The van der Waals surface area contributed by atoms with E-state index < -0.39 is 0 Å². The molecule has 8 nitrogen and oxygen atoms in total. The van der Waals surface area contributed by atoms with Gasteiger partial charge in [0, 0.05) is 51.7 Å². The topological polar surface area (TPSA) is 77.0 Å². The number of aromatic nitrogens is 2. The van der Waals surface area contributed by atoms with Crippen LogP contribution < -0.4 is 9.64 Å². The summed E-state index contributed by atoms with van der Waals surface area (Å²) in [5.41, 5.74) is 1.53. The van der Waals surface area contributed by atoms with Gasteiger partial charge in [0.25, 0.3) is 0 Å². The summed E-state index contributed by atoms with van der Waals surface area (Å²) in [6.07, 6.45) is 9.64. The summed E-state index contributed by atoms with van der Waals surface area (Å²) in [7, 11) is 0. The Balaban J connectivity index is 1.13. The van der Waals surface area contributed by atoms with Gasteiger partial charge in [0.05, 0.1) is 5.56 Å². The average Bonchev–Trinajstić information content (AvgIpc) is 3.01. The van der Waals surface area contributed by atoms with Crippen molar-refractivity contribution in [3.8, 4) is 5.75 Å². The number of hydrogen-bond donors (Lipinski definition) is 0. The minimum Gasteiger partial charge on any atom is -0.485 e. The first-order chi connectivity index (χ1) is 19.6. The quantitative estimate of drug-likeness (QED) is 0.323. The molecule has 0 spiro atoms. The number of ketones is 1. The lowest BCUT2D eigenvalue weighted by Crippen LogP contribution is -2.49. The Morgan fingerprint density at radius 2 is 1.77 bits per heavy atom. The lowest BCUT2D eigenvalue weighted by molar-refractivity contribution is -0.155. The van der Waals surface area contributed by atoms with Crippen molar-refractivity contribution in [2.45, 2.75) is 31.7 Å². The molecular formula is C31H35FN4O4. The zero-order valence-corrected chi connectivity index (χ0v) is 22.5. The molecule has 210 valence electrons. The van der Waals surface area contributed by atoms with Crippen LogP contribution in [0.4, 0.5) is 10.3 Å². The maximum absolute atomic E-state index is 13.4. The molecule has 3 aromatic rings. The number of carbonyl (C=O) groups is 1. The highest BCUT2D eigenvalue weighted by Gasteiger charge is 2.22. The fourth-order valence-corrected chi connectivity index (χ4v) is 4.72. The van der Waals surface area contributed by atoms with Crippen LogP contribution in [0.1, 0.15) is 35.2 Å². The smallest absolute Gasteiger partial charge is 0.225 e. The maximum Gasteiger partial charge on any atom is 0.225 e. The number of hydrogen-bond acceptors (Lipinski definition) is 8. The fourth-order valence-electron chi connectivity index (χ4n) is 4.72. The van der Waals surface area contributed by atoms with E-state index in [0.29, 0.717) is 30.4 Å². The van der Waals surface area contributed by atoms with Crippen molar-refractivity contribution < 1.29 is 23.4 Å². The number of anilines is 1. The third kappa shape index (κ3) is 8.17. The molecule has 2 fully saturated rings. The molecule has 5 rings (SSSR count). The number of ether oxygens (including phenoxy) is 3. The molecule has 2 saturated heterocycles. The molecule has 0 N–H and O–H groups in total. The van der Waals surface area contributed by atoms with Gasteiger partial charge in [0.1, 0.15) is 24.3 Å². The van der Waals surface area contributed by atoms with Crippen LogP contribution in [-0.2, 0) is 9.47 Å². The zero-order chi connectivity index (χ0) is 27.6. The Morgan fingerprint density at radius 1 is 1.02 bits per heavy atom. The summed E-state index contributed by atoms with van der Waals surface area (Å²) >= 11 is 0. The van der Waals surface area contributed by atoms with Crippen molar-refractivity contribution in [3.63, 3.8) is 0 Å². The molecule has 0 aliphatic carbocycles. The highest BCUT2D eigenvalue weighted by Crippen LogP contribution is 2.18. The lowest BCUT2D eigenvalue weighted by atomic mass is 10.1. The number of carbonyl (C=O) groups excluding carboxylic acids is 1. The van der Waals surface area contributed by atoms with Gasteiger partial charge in [-0.2, -0.15) is 0 Å². The number of benzene rings is 2. The van der Waals surface area contributed by atoms with E-state index in [1.165, 1.54) is 12.1 Å². The van der Waals surface area contributed by atoms with E-state index in [0.717, 1.165) is 51.0 Å². The van der Waals surface area contributed by atoms with Crippen molar-refractivity contribution in [2.24, 2.45) is 0 Å². The van der Waals surface area contributed by atoms with Gasteiger partial charge in [-0.25, -0.2) is 14.4 Å². The van der Waals surface area contributed by atoms with E-state index in [1.54, 1.807) is 24.5 Å². The highest BCUT2D eigenvalue weighted by atomic mass is 19.1. The first-order valence-corrected chi connectivity index (χ1v) is 13.8. The molecular weight excluding hydrogens is 511 g/mol. The molecule has 9 heteroatoms. The fraction of sp³-hybridized carbons (Fsp3) is 0.387. The summed E-state index contributed by atoms with van der Waals surface area (Å²) in [6, 6.07) is 16.2. The predicted molar refractivity (Wildman–Crippen MR) is 151 cm³/mol. The van der Waals surface area contributed by atoms with E-state index in [9.17, 15) is 9.18 Å². The summed E-state index contributed by atoms with van der Waals surface area (Å²) in [6.45, 7) is 4.45.